The molecule has 0 saturated heterocycles. The number of hydrogen-bond donors (Lipinski definition) is 0. The summed E-state index contributed by atoms with van der Waals surface area (Å²) in [5.74, 6) is -1.79. The molecule has 0 amide bonds. The highest BCUT2D eigenvalue weighted by atomic mass is 19.4. The Bertz CT molecular complexity index is 703. The van der Waals surface area contributed by atoms with Gasteiger partial charge < -0.3 is 4.74 Å². The van der Waals surface area contributed by atoms with Gasteiger partial charge in [-0.1, -0.05) is 25.5 Å². The average molecular weight is 445 g/mol. The van der Waals surface area contributed by atoms with E-state index in [2.05, 4.69) is 23.8 Å². The van der Waals surface area contributed by atoms with Crippen molar-refractivity contribution in [3.8, 4) is 5.75 Å². The number of ether oxygens (including phenoxy) is 1. The van der Waals surface area contributed by atoms with Crippen molar-refractivity contribution in [2.75, 3.05) is 0 Å². The maximum absolute atomic E-state index is 14.1. The van der Waals surface area contributed by atoms with Crippen LogP contribution in [-0.2, 0) is 0 Å². The summed E-state index contributed by atoms with van der Waals surface area (Å²) >= 11 is 0. The van der Waals surface area contributed by atoms with E-state index in [1.807, 2.05) is 0 Å². The van der Waals surface area contributed by atoms with Gasteiger partial charge in [-0.25, -0.2) is 8.78 Å². The molecular weight excluding hydrogens is 411 g/mol. The van der Waals surface area contributed by atoms with E-state index < -0.39 is 23.7 Å². The Kier molecular flexibility index (Phi) is 8.40. The van der Waals surface area contributed by atoms with E-state index in [9.17, 15) is 22.0 Å². The summed E-state index contributed by atoms with van der Waals surface area (Å²) in [6, 6.07) is 2.01. The van der Waals surface area contributed by atoms with E-state index in [1.165, 1.54) is 38.5 Å². The predicted octanol–water partition coefficient (Wildman–Crippen LogP) is 8.69. The summed E-state index contributed by atoms with van der Waals surface area (Å²) in [7, 11) is 0. The predicted molar refractivity (Wildman–Crippen MR) is 112 cm³/mol. The van der Waals surface area contributed by atoms with E-state index >= 15 is 0 Å². The molecule has 0 spiro atoms. The zero-order chi connectivity index (χ0) is 22.4. The van der Waals surface area contributed by atoms with E-state index in [1.54, 1.807) is 0 Å². The van der Waals surface area contributed by atoms with Crippen LogP contribution in [-0.4, -0.2) is 6.36 Å². The van der Waals surface area contributed by atoms with Gasteiger partial charge in [0.25, 0.3) is 0 Å². The fraction of sp³-hybridized carbons (Fsp3) is 0.680. The Morgan fingerprint density at radius 2 is 1.42 bits per heavy atom. The Morgan fingerprint density at radius 3 is 1.94 bits per heavy atom. The summed E-state index contributed by atoms with van der Waals surface area (Å²) in [6.45, 7) is 2.19. The van der Waals surface area contributed by atoms with Crippen LogP contribution < -0.4 is 4.74 Å². The molecule has 1 aromatic carbocycles. The molecule has 2 aliphatic rings. The molecule has 2 saturated carbocycles. The van der Waals surface area contributed by atoms with Crippen molar-refractivity contribution in [1.82, 2.24) is 0 Å². The van der Waals surface area contributed by atoms with Gasteiger partial charge in [-0.15, -0.1) is 13.2 Å². The molecule has 0 bridgehead atoms. The third-order valence-corrected chi connectivity index (χ3v) is 7.13. The van der Waals surface area contributed by atoms with Crippen molar-refractivity contribution >= 4 is 0 Å². The Labute approximate surface area is 182 Å². The molecule has 2 aliphatic carbocycles. The van der Waals surface area contributed by atoms with Gasteiger partial charge in [0.15, 0.2) is 11.6 Å². The number of unbranched alkanes of at least 4 members (excludes halogenated alkanes) is 1. The fourth-order valence-corrected chi connectivity index (χ4v) is 5.42. The van der Waals surface area contributed by atoms with E-state index in [0.29, 0.717) is 11.5 Å². The van der Waals surface area contributed by atoms with Crippen molar-refractivity contribution in [2.45, 2.75) is 89.8 Å². The normalized spacial score (nSPS) is 27.5. The van der Waals surface area contributed by atoms with Gasteiger partial charge in [-0.2, -0.15) is 0 Å². The Morgan fingerprint density at radius 1 is 0.871 bits per heavy atom. The van der Waals surface area contributed by atoms with Gasteiger partial charge in [0.05, 0.1) is 0 Å². The van der Waals surface area contributed by atoms with Crippen LogP contribution in [0.15, 0.2) is 24.3 Å². The van der Waals surface area contributed by atoms with Crippen LogP contribution in [0.3, 0.4) is 0 Å². The van der Waals surface area contributed by atoms with Crippen molar-refractivity contribution in [3.05, 3.63) is 41.5 Å². The fourth-order valence-electron chi connectivity index (χ4n) is 5.42. The van der Waals surface area contributed by atoms with Gasteiger partial charge in [0.2, 0.25) is 5.75 Å². The van der Waals surface area contributed by atoms with Crippen LogP contribution in [0.4, 0.5) is 22.0 Å². The maximum Gasteiger partial charge on any atom is 0.573 e. The second kappa shape index (κ2) is 10.8. The van der Waals surface area contributed by atoms with E-state index in [-0.39, 0.29) is 5.92 Å². The molecule has 0 unspecified atom stereocenters. The first-order chi connectivity index (χ1) is 14.8. The number of benzene rings is 1. The Hall–Kier alpha value is -1.59. The van der Waals surface area contributed by atoms with E-state index in [4.69, 9.17) is 0 Å². The smallest absolute Gasteiger partial charge is 0.399 e. The molecule has 0 heterocycles. The molecule has 0 aromatic heterocycles. The lowest BCUT2D eigenvalue weighted by Gasteiger charge is -2.38. The lowest BCUT2D eigenvalue weighted by Crippen LogP contribution is -2.25. The van der Waals surface area contributed by atoms with Crippen LogP contribution in [0.1, 0.15) is 89.0 Å². The van der Waals surface area contributed by atoms with E-state index in [0.717, 1.165) is 56.1 Å². The van der Waals surface area contributed by atoms with Crippen LogP contribution in [0.2, 0.25) is 0 Å². The van der Waals surface area contributed by atoms with Crippen LogP contribution in [0.25, 0.3) is 0 Å². The van der Waals surface area contributed by atoms with Crippen molar-refractivity contribution in [2.24, 2.45) is 17.8 Å². The van der Waals surface area contributed by atoms with Gasteiger partial charge in [0, 0.05) is 0 Å². The quantitative estimate of drug-likeness (QED) is 0.302. The summed E-state index contributed by atoms with van der Waals surface area (Å²) in [6.07, 6.45) is 11.8. The first-order valence-electron chi connectivity index (χ1n) is 11.7. The topological polar surface area (TPSA) is 9.23 Å². The minimum atomic E-state index is -5.12. The summed E-state index contributed by atoms with van der Waals surface area (Å²) < 4.78 is 68.6. The third-order valence-electron chi connectivity index (χ3n) is 7.13. The molecule has 0 atom stereocenters. The highest BCUT2D eigenvalue weighted by molar-refractivity contribution is 5.33. The molecule has 174 valence electrons. The Balaban J connectivity index is 1.49. The highest BCUT2D eigenvalue weighted by Gasteiger charge is 2.35. The SMILES string of the molecule is CCC/C=C/C[C@H]1CC[C@H]([C@H]2CC[C@H](c3cc(F)c(OC(F)(F)F)c(F)c3)CC2)CC1. The summed E-state index contributed by atoms with van der Waals surface area (Å²) in [5.41, 5.74) is 0.436. The standard InChI is InChI=1S/C25H33F5O/c1-2-3-4-5-6-17-7-9-18(10-8-17)19-11-13-20(14-12-19)21-15-22(26)24(23(27)16-21)31-25(28,29)30/h4-5,15-20H,2-3,6-14H2,1H3/b5-4+/t17-,18-,19-,20-. The second-order valence-corrected chi connectivity index (χ2v) is 9.25. The lowest BCUT2D eigenvalue weighted by atomic mass is 9.68. The zero-order valence-corrected chi connectivity index (χ0v) is 18.2. The van der Waals surface area contributed by atoms with Gasteiger partial charge in [-0.3, -0.25) is 0 Å². The molecule has 0 N–H and O–H groups in total. The minimum absolute atomic E-state index is 0.0137. The highest BCUT2D eigenvalue weighted by Crippen LogP contribution is 2.45. The number of hydrogen-bond acceptors (Lipinski definition) is 1. The number of alkyl halides is 3. The molecule has 1 nitrogen and oxygen atoms in total. The summed E-state index contributed by atoms with van der Waals surface area (Å²) in [5, 5.41) is 0. The maximum atomic E-state index is 14.1. The molecule has 0 radical (unpaired) electrons. The van der Waals surface area contributed by atoms with Gasteiger partial charge >= 0.3 is 6.36 Å². The third kappa shape index (κ3) is 6.95. The lowest BCUT2D eigenvalue weighted by molar-refractivity contribution is -0.276. The zero-order valence-electron chi connectivity index (χ0n) is 18.2. The van der Waals surface area contributed by atoms with Crippen LogP contribution in [0, 0.1) is 29.4 Å². The largest absolute Gasteiger partial charge is 0.573 e. The molecular formula is C25H33F5O. The number of halogens is 5. The first-order valence-corrected chi connectivity index (χ1v) is 11.7. The van der Waals surface area contributed by atoms with Gasteiger partial charge in [0.1, 0.15) is 0 Å². The van der Waals surface area contributed by atoms with Crippen LogP contribution >= 0.6 is 0 Å². The monoisotopic (exact) mass is 444 g/mol. The molecule has 6 heteroatoms. The van der Waals surface area contributed by atoms with Gasteiger partial charge in [-0.05, 0) is 106 Å². The number of rotatable bonds is 7. The molecule has 3 rings (SSSR count). The van der Waals surface area contributed by atoms with Crippen molar-refractivity contribution in [3.63, 3.8) is 0 Å². The van der Waals surface area contributed by atoms with Crippen molar-refractivity contribution < 1.29 is 26.7 Å². The van der Waals surface area contributed by atoms with Crippen LogP contribution in [0.5, 0.6) is 5.75 Å². The number of allylic oxidation sites excluding steroid dienone is 2. The minimum Gasteiger partial charge on any atom is -0.399 e. The molecule has 31 heavy (non-hydrogen) atoms. The summed E-state index contributed by atoms with van der Waals surface area (Å²) in [4.78, 5) is 0. The second-order valence-electron chi connectivity index (χ2n) is 9.25. The molecule has 2 fully saturated rings. The van der Waals surface area contributed by atoms with Crippen molar-refractivity contribution in [1.29, 1.82) is 0 Å². The molecule has 1 aromatic rings. The first kappa shape index (κ1) is 24.1. The molecule has 0 aliphatic heterocycles. The average Bonchev–Trinajstić information content (AvgIpc) is 2.74.